The molecule has 0 spiro atoms. The molecule has 134 valence electrons. The van der Waals surface area contributed by atoms with Crippen molar-refractivity contribution in [3.8, 4) is 0 Å². The van der Waals surface area contributed by atoms with Crippen LogP contribution in [0.15, 0.2) is 53.8 Å². The Bertz CT molecular complexity index is 986. The van der Waals surface area contributed by atoms with Crippen LogP contribution in [0.5, 0.6) is 0 Å². The number of fused-ring (bicyclic) bond motifs is 1. The average molecular weight is 354 g/mol. The van der Waals surface area contributed by atoms with Crippen LogP contribution in [0.2, 0.25) is 0 Å². The van der Waals surface area contributed by atoms with Crippen LogP contribution in [0.4, 0.5) is 4.39 Å². The highest BCUT2D eigenvalue weighted by Gasteiger charge is 2.19. The first kappa shape index (κ1) is 17.7. The van der Waals surface area contributed by atoms with E-state index in [-0.39, 0.29) is 23.9 Å². The second kappa shape index (κ2) is 7.43. The molecule has 0 aliphatic carbocycles. The van der Waals surface area contributed by atoms with Crippen molar-refractivity contribution < 1.29 is 9.18 Å². The summed E-state index contributed by atoms with van der Waals surface area (Å²) < 4.78 is 14.6. The minimum Gasteiger partial charge on any atom is -0.334 e. The molecule has 7 heteroatoms. The number of carbonyl (C=O) groups excluding carboxylic acids is 1. The normalized spacial score (nSPS) is 11.1. The number of hydrogen-bond donors (Lipinski definition) is 0. The Hall–Kier alpha value is -3.09. The summed E-state index contributed by atoms with van der Waals surface area (Å²) in [6.07, 6.45) is 4.70. The zero-order chi connectivity index (χ0) is 18.7. The van der Waals surface area contributed by atoms with Gasteiger partial charge in [-0.1, -0.05) is 6.07 Å². The van der Waals surface area contributed by atoms with E-state index in [1.807, 2.05) is 26.0 Å². The predicted molar refractivity (Wildman–Crippen MR) is 95.9 cm³/mol. The second-order valence-electron chi connectivity index (χ2n) is 6.32. The fourth-order valence-electron chi connectivity index (χ4n) is 2.73. The van der Waals surface area contributed by atoms with Crippen LogP contribution >= 0.6 is 0 Å². The first-order chi connectivity index (χ1) is 12.5. The summed E-state index contributed by atoms with van der Waals surface area (Å²) in [5, 5.41) is 0.156. The van der Waals surface area contributed by atoms with Crippen molar-refractivity contribution in [2.24, 2.45) is 0 Å². The largest absolute Gasteiger partial charge is 0.334 e. The van der Waals surface area contributed by atoms with Gasteiger partial charge in [-0.05, 0) is 43.7 Å². The average Bonchev–Trinajstić information content (AvgIpc) is 2.63. The Morgan fingerprint density at radius 1 is 1.31 bits per heavy atom. The Morgan fingerprint density at radius 2 is 2.12 bits per heavy atom. The van der Waals surface area contributed by atoms with Crippen LogP contribution in [-0.4, -0.2) is 31.4 Å². The molecule has 1 amide bonds. The van der Waals surface area contributed by atoms with Crippen molar-refractivity contribution in [1.82, 2.24) is 19.4 Å². The molecule has 26 heavy (non-hydrogen) atoms. The monoisotopic (exact) mass is 354 g/mol. The second-order valence-corrected chi connectivity index (χ2v) is 6.32. The van der Waals surface area contributed by atoms with Crippen LogP contribution in [-0.2, 0) is 17.9 Å². The summed E-state index contributed by atoms with van der Waals surface area (Å²) in [4.78, 5) is 35.2. The molecule has 0 atom stereocenters. The lowest BCUT2D eigenvalue weighted by molar-refractivity contribution is -0.134. The minimum atomic E-state index is -0.513. The molecule has 0 aliphatic heterocycles. The summed E-state index contributed by atoms with van der Waals surface area (Å²) >= 11 is 0. The molecule has 0 aliphatic rings. The molecule has 0 bridgehead atoms. The highest BCUT2D eigenvalue weighted by atomic mass is 19.1. The molecule has 6 nitrogen and oxygen atoms in total. The van der Waals surface area contributed by atoms with Crippen LogP contribution in [0.25, 0.3) is 10.9 Å². The van der Waals surface area contributed by atoms with E-state index < -0.39 is 11.4 Å². The number of carbonyl (C=O) groups is 1. The van der Waals surface area contributed by atoms with Gasteiger partial charge in [0.15, 0.2) is 0 Å². The first-order valence-electron chi connectivity index (χ1n) is 8.29. The van der Waals surface area contributed by atoms with Gasteiger partial charge < -0.3 is 4.90 Å². The van der Waals surface area contributed by atoms with Crippen molar-refractivity contribution in [3.63, 3.8) is 0 Å². The third-order valence-electron chi connectivity index (χ3n) is 4.11. The molecule has 0 radical (unpaired) electrons. The van der Waals surface area contributed by atoms with Gasteiger partial charge in [0.2, 0.25) is 5.91 Å². The van der Waals surface area contributed by atoms with E-state index in [0.717, 1.165) is 11.6 Å². The lowest BCUT2D eigenvalue weighted by atomic mass is 10.2. The summed E-state index contributed by atoms with van der Waals surface area (Å²) in [5.74, 6) is -0.732. The smallest absolute Gasteiger partial charge is 0.261 e. The number of rotatable bonds is 5. The van der Waals surface area contributed by atoms with Crippen LogP contribution in [0.1, 0.15) is 19.4 Å². The maximum Gasteiger partial charge on any atom is 0.261 e. The highest BCUT2D eigenvalue weighted by Crippen LogP contribution is 2.10. The minimum absolute atomic E-state index is 0.0516. The van der Waals surface area contributed by atoms with Gasteiger partial charge in [0, 0.05) is 25.0 Å². The van der Waals surface area contributed by atoms with Gasteiger partial charge >= 0.3 is 0 Å². The van der Waals surface area contributed by atoms with Crippen molar-refractivity contribution >= 4 is 16.8 Å². The molecular formula is C19H19FN4O2. The molecule has 0 N–H and O–H groups in total. The SMILES string of the molecule is CC(C)N(Cc1cccnc1)C(=O)Cn1cnc2ccc(F)cc2c1=O. The molecule has 0 fully saturated rings. The van der Waals surface area contributed by atoms with E-state index in [0.29, 0.717) is 12.1 Å². The van der Waals surface area contributed by atoms with Crippen LogP contribution in [0, 0.1) is 5.82 Å². The van der Waals surface area contributed by atoms with Gasteiger partial charge in [-0.3, -0.25) is 19.1 Å². The molecule has 0 saturated heterocycles. The Labute approximate surface area is 149 Å². The Balaban J connectivity index is 1.86. The number of pyridine rings is 1. The fraction of sp³-hybridized carbons (Fsp3) is 0.263. The number of halogens is 1. The summed E-state index contributed by atoms with van der Waals surface area (Å²) in [6.45, 7) is 4.06. The third kappa shape index (κ3) is 3.77. The number of hydrogen-bond acceptors (Lipinski definition) is 4. The topological polar surface area (TPSA) is 68.1 Å². The fourth-order valence-corrected chi connectivity index (χ4v) is 2.73. The van der Waals surface area contributed by atoms with Crippen LogP contribution in [0.3, 0.4) is 0 Å². The molecule has 2 heterocycles. The lowest BCUT2D eigenvalue weighted by Crippen LogP contribution is -2.40. The van der Waals surface area contributed by atoms with Gasteiger partial charge in [-0.25, -0.2) is 9.37 Å². The highest BCUT2D eigenvalue weighted by molar-refractivity contribution is 5.79. The van der Waals surface area contributed by atoms with Crippen molar-refractivity contribution in [1.29, 1.82) is 0 Å². The number of benzene rings is 1. The molecule has 1 aromatic carbocycles. The maximum absolute atomic E-state index is 13.4. The lowest BCUT2D eigenvalue weighted by Gasteiger charge is -2.27. The van der Waals surface area contributed by atoms with E-state index >= 15 is 0 Å². The van der Waals surface area contributed by atoms with Gasteiger partial charge in [0.25, 0.3) is 5.56 Å². The molecular weight excluding hydrogens is 335 g/mol. The van der Waals surface area contributed by atoms with Gasteiger partial charge in [0.1, 0.15) is 12.4 Å². The zero-order valence-electron chi connectivity index (χ0n) is 14.6. The molecule has 3 rings (SSSR count). The van der Waals surface area contributed by atoms with E-state index in [1.54, 1.807) is 17.3 Å². The van der Waals surface area contributed by atoms with Crippen molar-refractivity contribution in [2.75, 3.05) is 0 Å². The van der Waals surface area contributed by atoms with E-state index in [2.05, 4.69) is 9.97 Å². The molecule has 0 saturated carbocycles. The van der Waals surface area contributed by atoms with Gasteiger partial charge in [0.05, 0.1) is 17.2 Å². The number of aromatic nitrogens is 3. The third-order valence-corrected chi connectivity index (χ3v) is 4.11. The molecule has 2 aromatic heterocycles. The first-order valence-corrected chi connectivity index (χ1v) is 8.29. The van der Waals surface area contributed by atoms with Gasteiger partial charge in [-0.2, -0.15) is 0 Å². The summed E-state index contributed by atoms with van der Waals surface area (Å²) in [7, 11) is 0. The standard InChI is InChI=1S/C19H19FN4O2/c1-13(2)24(10-14-4-3-7-21-9-14)18(25)11-23-12-22-17-6-5-15(20)8-16(17)19(23)26/h3-9,12-13H,10-11H2,1-2H3. The van der Waals surface area contributed by atoms with Crippen molar-refractivity contribution in [2.45, 2.75) is 33.0 Å². The summed E-state index contributed by atoms with van der Waals surface area (Å²) in [5.41, 5.74) is 0.865. The zero-order valence-corrected chi connectivity index (χ0v) is 14.6. The molecule has 0 unspecified atom stereocenters. The predicted octanol–water partition coefficient (Wildman–Crippen LogP) is 2.37. The van der Waals surface area contributed by atoms with E-state index in [4.69, 9.17) is 0 Å². The van der Waals surface area contributed by atoms with Gasteiger partial charge in [-0.15, -0.1) is 0 Å². The molecule has 3 aromatic rings. The number of nitrogens with zero attached hydrogens (tertiary/aromatic N) is 4. The Morgan fingerprint density at radius 3 is 2.81 bits per heavy atom. The van der Waals surface area contributed by atoms with Crippen LogP contribution < -0.4 is 5.56 Å². The van der Waals surface area contributed by atoms with Crippen molar-refractivity contribution in [3.05, 3.63) is 70.8 Å². The van der Waals surface area contributed by atoms with E-state index in [1.165, 1.54) is 23.0 Å². The summed E-state index contributed by atoms with van der Waals surface area (Å²) in [6, 6.07) is 7.48. The van der Waals surface area contributed by atoms with E-state index in [9.17, 15) is 14.0 Å². The quantitative estimate of drug-likeness (QED) is 0.705. The Kier molecular flexibility index (Phi) is 5.06. The number of amides is 1. The maximum atomic E-state index is 13.4.